The molecule has 0 aliphatic carbocycles. The maximum atomic E-state index is 11.3. The Balaban J connectivity index is 2.74. The van der Waals surface area contributed by atoms with Crippen molar-refractivity contribution in [2.24, 2.45) is 0 Å². The molecule has 0 bridgehead atoms. The normalized spacial score (nSPS) is 30.5. The van der Waals surface area contributed by atoms with Crippen LogP contribution in [0.15, 0.2) is 10.5 Å². The van der Waals surface area contributed by atoms with E-state index in [1.54, 1.807) is 0 Å². The number of allylic oxidation sites excluding steroid dienone is 1. The highest BCUT2D eigenvalue weighted by molar-refractivity contribution is 8.14. The Morgan fingerprint density at radius 2 is 2.36 bits per heavy atom. The third-order valence-corrected chi connectivity index (χ3v) is 3.16. The topological polar surface area (TPSA) is 17.1 Å². The Morgan fingerprint density at radius 3 is 2.82 bits per heavy atom. The fourth-order valence-electron chi connectivity index (χ4n) is 1.09. The zero-order valence-corrected chi connectivity index (χ0v) is 8.47. The van der Waals surface area contributed by atoms with Gasteiger partial charge >= 0.3 is 0 Å². The summed E-state index contributed by atoms with van der Waals surface area (Å²) in [6.07, 6.45) is 2.01. The van der Waals surface area contributed by atoms with Gasteiger partial charge in [-0.3, -0.25) is 4.79 Å². The van der Waals surface area contributed by atoms with E-state index in [2.05, 4.69) is 19.6 Å². The van der Waals surface area contributed by atoms with E-state index in [0.717, 1.165) is 23.3 Å². The van der Waals surface area contributed by atoms with Crippen molar-refractivity contribution in [3.63, 3.8) is 0 Å². The summed E-state index contributed by atoms with van der Waals surface area (Å²) in [6.45, 7) is 3.97. The predicted molar refractivity (Wildman–Crippen MR) is 53.0 cm³/mol. The quantitative estimate of drug-likeness (QED) is 0.465. The summed E-state index contributed by atoms with van der Waals surface area (Å²) >= 11 is 5.61. The number of carbonyl (C=O) groups is 1. The van der Waals surface area contributed by atoms with E-state index in [0.29, 0.717) is 5.25 Å². The van der Waals surface area contributed by atoms with Crippen LogP contribution in [0.3, 0.4) is 0 Å². The lowest BCUT2D eigenvalue weighted by Gasteiger charge is -2.18. The molecule has 1 aliphatic heterocycles. The molecule has 1 aliphatic rings. The van der Waals surface area contributed by atoms with E-state index in [1.807, 2.05) is 6.92 Å². The smallest absolute Gasteiger partial charge is 0.216 e. The summed E-state index contributed by atoms with van der Waals surface area (Å²) in [6, 6.07) is 0. The number of rotatable bonds is 0. The molecule has 0 amide bonds. The predicted octanol–water partition coefficient (Wildman–Crippen LogP) is 2.63. The molecule has 1 nitrogen and oxygen atoms in total. The molecule has 0 N–H and O–H groups in total. The first kappa shape index (κ1) is 9.20. The van der Waals surface area contributed by atoms with E-state index in [9.17, 15) is 4.79 Å². The molecule has 11 heavy (non-hydrogen) atoms. The molecule has 3 heteroatoms. The summed E-state index contributed by atoms with van der Waals surface area (Å²) < 4.78 is 0. The summed E-state index contributed by atoms with van der Waals surface area (Å²) in [4.78, 5) is 12.2. The highest BCUT2D eigenvalue weighted by Gasteiger charge is 2.21. The van der Waals surface area contributed by atoms with Crippen LogP contribution in [0.25, 0.3) is 0 Å². The Morgan fingerprint density at radius 1 is 1.73 bits per heavy atom. The Kier molecular flexibility index (Phi) is 3.07. The van der Waals surface area contributed by atoms with Crippen molar-refractivity contribution in [3.8, 4) is 0 Å². The van der Waals surface area contributed by atoms with Crippen LogP contribution in [0, 0.1) is 0 Å². The third-order valence-electron chi connectivity index (χ3n) is 1.79. The van der Waals surface area contributed by atoms with Crippen LogP contribution in [0.5, 0.6) is 0 Å². The molecule has 1 heterocycles. The molecule has 0 aromatic rings. The molecule has 1 fully saturated rings. The molecule has 1 rings (SSSR count). The largest absolute Gasteiger partial charge is 0.282 e. The highest BCUT2D eigenvalue weighted by Crippen LogP contribution is 2.32. The van der Waals surface area contributed by atoms with Gasteiger partial charge in [0.2, 0.25) is 5.12 Å². The Bertz CT molecular complexity index is 204. The van der Waals surface area contributed by atoms with Crippen molar-refractivity contribution in [3.05, 3.63) is 10.5 Å². The Labute approximate surface area is 77.0 Å². The van der Waals surface area contributed by atoms with Gasteiger partial charge in [-0.25, -0.2) is 0 Å². The number of carbonyl (C=O) groups excluding carboxylic acids is 1. The first-order valence-corrected chi connectivity index (χ1v) is 5.03. The van der Waals surface area contributed by atoms with E-state index in [1.165, 1.54) is 11.8 Å². The average Bonchev–Trinajstić information content (AvgIpc) is 1.85. The van der Waals surface area contributed by atoms with Crippen LogP contribution in [0.1, 0.15) is 26.7 Å². The minimum absolute atomic E-state index is 0.219. The molecular formula is C8H12OS2. The molecule has 62 valence electrons. The van der Waals surface area contributed by atoms with Gasteiger partial charge in [0.1, 0.15) is 0 Å². The second-order valence-corrected chi connectivity index (χ2v) is 4.90. The molecule has 0 saturated carbocycles. The molecule has 1 saturated heterocycles. The van der Waals surface area contributed by atoms with Gasteiger partial charge in [0, 0.05) is 10.8 Å². The highest BCUT2D eigenvalue weighted by atomic mass is 32.2. The van der Waals surface area contributed by atoms with Crippen LogP contribution in [-0.4, -0.2) is 10.4 Å². The number of hydrogen-bond donors (Lipinski definition) is 1. The lowest BCUT2D eigenvalue weighted by molar-refractivity contribution is -0.108. The van der Waals surface area contributed by atoms with Crippen molar-refractivity contribution < 1.29 is 4.79 Å². The maximum absolute atomic E-state index is 11.3. The molecular weight excluding hydrogens is 176 g/mol. The lowest BCUT2D eigenvalue weighted by atomic mass is 10.1. The van der Waals surface area contributed by atoms with Gasteiger partial charge in [-0.05, 0) is 24.7 Å². The van der Waals surface area contributed by atoms with Crippen LogP contribution in [-0.2, 0) is 4.79 Å². The van der Waals surface area contributed by atoms with Crippen molar-refractivity contribution in [1.29, 1.82) is 0 Å². The fraction of sp³-hybridized carbons (Fsp3) is 0.625. The van der Waals surface area contributed by atoms with Gasteiger partial charge in [-0.1, -0.05) is 18.7 Å². The van der Waals surface area contributed by atoms with E-state index in [-0.39, 0.29) is 5.12 Å². The third kappa shape index (κ3) is 2.27. The molecule has 0 radical (unpaired) electrons. The molecule has 1 unspecified atom stereocenters. The van der Waals surface area contributed by atoms with Crippen LogP contribution >= 0.6 is 24.4 Å². The molecule has 1 atom stereocenters. The van der Waals surface area contributed by atoms with Gasteiger partial charge in [-0.15, -0.1) is 12.6 Å². The second-order valence-electron chi connectivity index (χ2n) is 2.82. The van der Waals surface area contributed by atoms with Crippen LogP contribution in [0.2, 0.25) is 0 Å². The summed E-state index contributed by atoms with van der Waals surface area (Å²) in [5.41, 5.74) is 0.913. The van der Waals surface area contributed by atoms with Gasteiger partial charge in [0.15, 0.2) is 0 Å². The van der Waals surface area contributed by atoms with Crippen molar-refractivity contribution >= 4 is 29.5 Å². The molecule has 0 aromatic carbocycles. The van der Waals surface area contributed by atoms with Crippen molar-refractivity contribution in [2.75, 3.05) is 0 Å². The monoisotopic (exact) mass is 188 g/mol. The Hall–Kier alpha value is 0.110. The summed E-state index contributed by atoms with van der Waals surface area (Å²) in [5.74, 6) is 0. The lowest BCUT2D eigenvalue weighted by Crippen LogP contribution is -2.13. The first-order chi connectivity index (χ1) is 5.11. The van der Waals surface area contributed by atoms with Gasteiger partial charge in [0.05, 0.1) is 0 Å². The zero-order chi connectivity index (χ0) is 8.43. The van der Waals surface area contributed by atoms with E-state index in [4.69, 9.17) is 0 Å². The standard InChI is InChI=1S/C8H12OS2/c1-5-3-4-7(6(2)10)8(9)11-5/h5,10H,3-4H2,1-2H3/b7-6-. The second kappa shape index (κ2) is 3.68. The van der Waals surface area contributed by atoms with Crippen molar-refractivity contribution in [1.82, 2.24) is 0 Å². The minimum Gasteiger partial charge on any atom is -0.282 e. The fourth-order valence-corrected chi connectivity index (χ4v) is 2.38. The molecule has 0 aromatic heterocycles. The van der Waals surface area contributed by atoms with Gasteiger partial charge < -0.3 is 0 Å². The molecule has 0 spiro atoms. The summed E-state index contributed by atoms with van der Waals surface area (Å²) in [7, 11) is 0. The van der Waals surface area contributed by atoms with Gasteiger partial charge in [0.25, 0.3) is 0 Å². The van der Waals surface area contributed by atoms with Gasteiger partial charge in [-0.2, -0.15) is 0 Å². The van der Waals surface area contributed by atoms with Crippen LogP contribution in [0.4, 0.5) is 0 Å². The average molecular weight is 188 g/mol. The summed E-state index contributed by atoms with van der Waals surface area (Å²) in [5, 5.41) is 0.704. The number of hydrogen-bond acceptors (Lipinski definition) is 3. The van der Waals surface area contributed by atoms with Crippen LogP contribution < -0.4 is 0 Å². The van der Waals surface area contributed by atoms with Crippen molar-refractivity contribution in [2.45, 2.75) is 31.9 Å². The minimum atomic E-state index is 0.219. The van der Waals surface area contributed by atoms with E-state index < -0.39 is 0 Å². The number of thiol groups is 1. The number of thioether (sulfide) groups is 1. The first-order valence-electron chi connectivity index (χ1n) is 3.71. The van der Waals surface area contributed by atoms with E-state index >= 15 is 0 Å². The maximum Gasteiger partial charge on any atom is 0.216 e. The SMILES string of the molecule is C/C(S)=C1\CCC(C)SC1=O. The zero-order valence-electron chi connectivity index (χ0n) is 6.76.